The standard InChI is InChI=1S/C13H23F3O/c1-4-10(2)12(3)8-5-6-11(7-9-12)17-13(14,15)16/h10-11H,4-9H2,1-3H3. The van der Waals surface area contributed by atoms with Crippen LogP contribution in [0.4, 0.5) is 13.2 Å². The Hall–Kier alpha value is -0.250. The lowest BCUT2D eigenvalue weighted by Crippen LogP contribution is -2.26. The van der Waals surface area contributed by atoms with E-state index in [0.29, 0.717) is 18.8 Å². The molecule has 0 amide bonds. The van der Waals surface area contributed by atoms with Gasteiger partial charge in [0.05, 0.1) is 6.10 Å². The minimum Gasteiger partial charge on any atom is -0.289 e. The molecule has 0 aromatic carbocycles. The van der Waals surface area contributed by atoms with Crippen LogP contribution in [0.2, 0.25) is 0 Å². The average molecular weight is 252 g/mol. The first-order valence-electron chi connectivity index (χ1n) is 6.51. The summed E-state index contributed by atoms with van der Waals surface area (Å²) >= 11 is 0. The van der Waals surface area contributed by atoms with Gasteiger partial charge in [-0.3, -0.25) is 4.74 Å². The van der Waals surface area contributed by atoms with Crippen LogP contribution >= 0.6 is 0 Å². The Labute approximate surface area is 102 Å². The summed E-state index contributed by atoms with van der Waals surface area (Å²) in [5.74, 6) is 0.562. The van der Waals surface area contributed by atoms with E-state index in [0.717, 1.165) is 25.7 Å². The van der Waals surface area contributed by atoms with Crippen molar-refractivity contribution in [2.45, 2.75) is 71.8 Å². The quantitative estimate of drug-likeness (QED) is 0.648. The van der Waals surface area contributed by atoms with Crippen LogP contribution in [-0.2, 0) is 4.74 Å². The van der Waals surface area contributed by atoms with E-state index < -0.39 is 12.5 Å². The fourth-order valence-corrected chi connectivity index (χ4v) is 2.79. The summed E-state index contributed by atoms with van der Waals surface area (Å²) in [6.45, 7) is 6.55. The van der Waals surface area contributed by atoms with Gasteiger partial charge in [-0.05, 0) is 37.0 Å². The van der Waals surface area contributed by atoms with E-state index in [1.807, 2.05) is 0 Å². The highest BCUT2D eigenvalue weighted by atomic mass is 19.4. The third kappa shape index (κ3) is 4.49. The molecule has 0 spiro atoms. The maximum Gasteiger partial charge on any atom is 0.522 e. The summed E-state index contributed by atoms with van der Waals surface area (Å²) in [5, 5.41) is 0. The van der Waals surface area contributed by atoms with E-state index in [9.17, 15) is 13.2 Å². The van der Waals surface area contributed by atoms with Gasteiger partial charge in [0.2, 0.25) is 0 Å². The van der Waals surface area contributed by atoms with Crippen molar-refractivity contribution in [2.24, 2.45) is 11.3 Å². The first kappa shape index (κ1) is 14.8. The SMILES string of the molecule is CCC(C)C1(C)CCCC(OC(F)(F)F)CC1. The number of hydrogen-bond donors (Lipinski definition) is 0. The van der Waals surface area contributed by atoms with Gasteiger partial charge in [0, 0.05) is 0 Å². The molecule has 1 fully saturated rings. The zero-order valence-corrected chi connectivity index (χ0v) is 10.9. The summed E-state index contributed by atoms with van der Waals surface area (Å²) in [6.07, 6.45) is -0.292. The van der Waals surface area contributed by atoms with Crippen LogP contribution in [0.5, 0.6) is 0 Å². The molecule has 0 saturated heterocycles. The Kier molecular flexibility index (Phi) is 4.87. The maximum atomic E-state index is 12.2. The van der Waals surface area contributed by atoms with Gasteiger partial charge in [-0.1, -0.05) is 33.6 Å². The summed E-state index contributed by atoms with van der Waals surface area (Å²) in [6, 6.07) is 0. The van der Waals surface area contributed by atoms with Gasteiger partial charge in [-0.25, -0.2) is 0 Å². The topological polar surface area (TPSA) is 9.23 Å². The van der Waals surface area contributed by atoms with Crippen molar-refractivity contribution in [3.63, 3.8) is 0 Å². The first-order valence-corrected chi connectivity index (χ1v) is 6.51. The fraction of sp³-hybridized carbons (Fsp3) is 1.00. The molecule has 1 saturated carbocycles. The third-order valence-electron chi connectivity index (χ3n) is 4.41. The van der Waals surface area contributed by atoms with E-state index in [1.165, 1.54) is 0 Å². The Morgan fingerprint density at radius 2 is 1.94 bits per heavy atom. The Morgan fingerprint density at radius 3 is 2.47 bits per heavy atom. The van der Waals surface area contributed by atoms with Gasteiger partial charge in [0.1, 0.15) is 0 Å². The molecule has 1 nitrogen and oxygen atoms in total. The summed E-state index contributed by atoms with van der Waals surface area (Å²) in [4.78, 5) is 0. The molecule has 1 aliphatic rings. The van der Waals surface area contributed by atoms with Crippen LogP contribution in [0.15, 0.2) is 0 Å². The lowest BCUT2D eigenvalue weighted by atomic mass is 9.71. The van der Waals surface area contributed by atoms with Crippen LogP contribution in [0, 0.1) is 11.3 Å². The number of rotatable bonds is 3. The molecular weight excluding hydrogens is 229 g/mol. The van der Waals surface area contributed by atoms with Crippen LogP contribution in [0.25, 0.3) is 0 Å². The lowest BCUT2D eigenvalue weighted by Gasteiger charge is -2.34. The highest BCUT2D eigenvalue weighted by Gasteiger charge is 2.38. The highest BCUT2D eigenvalue weighted by Crippen LogP contribution is 2.43. The molecule has 17 heavy (non-hydrogen) atoms. The average Bonchev–Trinajstić information content (AvgIpc) is 2.39. The minimum absolute atomic E-state index is 0.179. The molecule has 0 heterocycles. The van der Waals surface area contributed by atoms with E-state index in [2.05, 4.69) is 25.5 Å². The van der Waals surface area contributed by atoms with Crippen molar-refractivity contribution >= 4 is 0 Å². The molecule has 102 valence electrons. The Bertz CT molecular complexity index is 239. The minimum atomic E-state index is -4.48. The smallest absolute Gasteiger partial charge is 0.289 e. The molecule has 0 aromatic rings. The second-order valence-corrected chi connectivity index (χ2v) is 5.58. The third-order valence-corrected chi connectivity index (χ3v) is 4.41. The van der Waals surface area contributed by atoms with E-state index in [4.69, 9.17) is 0 Å². The van der Waals surface area contributed by atoms with E-state index >= 15 is 0 Å². The van der Waals surface area contributed by atoms with Crippen molar-refractivity contribution in [2.75, 3.05) is 0 Å². The highest BCUT2D eigenvalue weighted by molar-refractivity contribution is 4.84. The number of ether oxygens (including phenoxy) is 1. The predicted molar refractivity (Wildman–Crippen MR) is 61.6 cm³/mol. The molecule has 0 bridgehead atoms. The Balaban J connectivity index is 2.55. The number of hydrogen-bond acceptors (Lipinski definition) is 1. The Morgan fingerprint density at radius 1 is 1.29 bits per heavy atom. The van der Waals surface area contributed by atoms with Crippen molar-refractivity contribution in [3.05, 3.63) is 0 Å². The molecule has 0 aliphatic heterocycles. The fourth-order valence-electron chi connectivity index (χ4n) is 2.79. The molecule has 1 aliphatic carbocycles. The first-order chi connectivity index (χ1) is 7.77. The molecule has 3 atom stereocenters. The van der Waals surface area contributed by atoms with Crippen molar-refractivity contribution in [1.82, 2.24) is 0 Å². The van der Waals surface area contributed by atoms with Crippen molar-refractivity contribution in [1.29, 1.82) is 0 Å². The van der Waals surface area contributed by atoms with Crippen LogP contribution in [-0.4, -0.2) is 12.5 Å². The molecule has 0 aromatic heterocycles. The van der Waals surface area contributed by atoms with Crippen LogP contribution in [0.1, 0.15) is 59.3 Å². The largest absolute Gasteiger partial charge is 0.522 e. The normalized spacial score (nSPS) is 33.2. The van der Waals surface area contributed by atoms with Gasteiger partial charge < -0.3 is 0 Å². The monoisotopic (exact) mass is 252 g/mol. The van der Waals surface area contributed by atoms with Crippen molar-refractivity contribution in [3.8, 4) is 0 Å². The van der Waals surface area contributed by atoms with Gasteiger partial charge in [-0.15, -0.1) is 13.2 Å². The predicted octanol–water partition coefficient (Wildman–Crippen LogP) is 4.91. The van der Waals surface area contributed by atoms with E-state index in [-0.39, 0.29) is 5.41 Å². The number of halogens is 3. The molecule has 4 heteroatoms. The zero-order chi connectivity index (χ0) is 13.1. The van der Waals surface area contributed by atoms with Gasteiger partial charge in [0.15, 0.2) is 0 Å². The zero-order valence-electron chi connectivity index (χ0n) is 10.9. The van der Waals surface area contributed by atoms with Gasteiger partial charge in [0.25, 0.3) is 0 Å². The van der Waals surface area contributed by atoms with Crippen LogP contribution < -0.4 is 0 Å². The summed E-state index contributed by atoms with van der Waals surface area (Å²) in [5.41, 5.74) is 0.179. The second kappa shape index (κ2) is 5.59. The molecule has 0 radical (unpaired) electrons. The van der Waals surface area contributed by atoms with Gasteiger partial charge in [-0.2, -0.15) is 0 Å². The summed E-state index contributed by atoms with van der Waals surface area (Å²) in [7, 11) is 0. The maximum absolute atomic E-state index is 12.2. The lowest BCUT2D eigenvalue weighted by molar-refractivity contribution is -0.343. The van der Waals surface area contributed by atoms with E-state index in [1.54, 1.807) is 0 Å². The number of alkyl halides is 3. The molecule has 3 unspecified atom stereocenters. The second-order valence-electron chi connectivity index (χ2n) is 5.58. The van der Waals surface area contributed by atoms with Crippen molar-refractivity contribution < 1.29 is 17.9 Å². The van der Waals surface area contributed by atoms with Crippen LogP contribution in [0.3, 0.4) is 0 Å². The molecule has 1 rings (SSSR count). The molecular formula is C13H23F3O. The summed E-state index contributed by atoms with van der Waals surface area (Å²) < 4.78 is 40.7. The van der Waals surface area contributed by atoms with Gasteiger partial charge >= 0.3 is 6.36 Å². The molecule has 0 N–H and O–H groups in total.